The highest BCUT2D eigenvalue weighted by Gasteiger charge is 2.46. The van der Waals surface area contributed by atoms with Gasteiger partial charge in [0.2, 0.25) is 11.8 Å². The van der Waals surface area contributed by atoms with E-state index in [1.165, 1.54) is 6.33 Å². The van der Waals surface area contributed by atoms with Crippen LogP contribution < -0.4 is 9.64 Å². The minimum Gasteiger partial charge on any atom is -0.481 e. The average Bonchev–Trinajstić information content (AvgIpc) is 2.99. The molecule has 2 aliphatic rings. The van der Waals surface area contributed by atoms with Crippen LogP contribution in [0.4, 0.5) is 5.82 Å². The summed E-state index contributed by atoms with van der Waals surface area (Å²) in [4.78, 5) is 29.4. The lowest BCUT2D eigenvalue weighted by Gasteiger charge is -2.45. The predicted molar refractivity (Wildman–Crippen MR) is 96.8 cm³/mol. The Balaban J connectivity index is 1.48. The van der Waals surface area contributed by atoms with Gasteiger partial charge < -0.3 is 14.5 Å². The molecule has 0 unspecified atom stereocenters. The van der Waals surface area contributed by atoms with Crippen molar-refractivity contribution in [2.24, 2.45) is 0 Å². The van der Waals surface area contributed by atoms with Crippen molar-refractivity contribution in [1.29, 1.82) is 0 Å². The van der Waals surface area contributed by atoms with Gasteiger partial charge >= 0.3 is 0 Å². The van der Waals surface area contributed by atoms with Gasteiger partial charge in [0.1, 0.15) is 12.1 Å². The van der Waals surface area contributed by atoms with Gasteiger partial charge in [-0.3, -0.25) is 9.78 Å². The Morgan fingerprint density at radius 2 is 1.92 bits per heavy atom. The molecule has 4 rings (SSSR count). The van der Waals surface area contributed by atoms with Crippen LogP contribution in [0.2, 0.25) is 0 Å². The minimum atomic E-state index is -0.0338. The number of piperidine rings is 1. The number of carbonyl (C=O) groups is 1. The molecule has 0 aromatic carbocycles. The van der Waals surface area contributed by atoms with Gasteiger partial charge in [-0.05, 0) is 37.0 Å². The van der Waals surface area contributed by atoms with Crippen LogP contribution in [0.25, 0.3) is 0 Å². The zero-order valence-electron chi connectivity index (χ0n) is 15.0. The number of amides is 1. The Labute approximate surface area is 153 Å². The number of pyridine rings is 1. The molecular formula is C19H23N5O2. The molecule has 0 saturated carbocycles. The molecule has 7 nitrogen and oxygen atoms in total. The van der Waals surface area contributed by atoms with Crippen LogP contribution in [0.15, 0.2) is 36.9 Å². The predicted octanol–water partition coefficient (Wildman–Crippen LogP) is 2.04. The normalized spacial score (nSPS) is 19.2. The maximum absolute atomic E-state index is 12.5. The summed E-state index contributed by atoms with van der Waals surface area (Å²) in [6.45, 7) is 2.42. The molecule has 1 spiro atoms. The molecule has 7 heteroatoms. The van der Waals surface area contributed by atoms with Gasteiger partial charge in [0.05, 0.1) is 7.11 Å². The van der Waals surface area contributed by atoms with Crippen molar-refractivity contribution < 1.29 is 9.53 Å². The third-order valence-corrected chi connectivity index (χ3v) is 5.62. The zero-order valence-corrected chi connectivity index (χ0v) is 15.0. The maximum Gasteiger partial charge on any atom is 0.223 e. The van der Waals surface area contributed by atoms with E-state index in [0.29, 0.717) is 18.8 Å². The lowest BCUT2D eigenvalue weighted by molar-refractivity contribution is -0.132. The number of ether oxygens (including phenoxy) is 1. The van der Waals surface area contributed by atoms with Crippen molar-refractivity contribution in [1.82, 2.24) is 19.9 Å². The van der Waals surface area contributed by atoms with Gasteiger partial charge in [-0.1, -0.05) is 0 Å². The van der Waals surface area contributed by atoms with Crippen molar-refractivity contribution in [3.8, 4) is 5.88 Å². The number of methoxy groups -OCH3 is 1. The topological polar surface area (TPSA) is 71.5 Å². The monoisotopic (exact) mass is 353 g/mol. The second-order valence-corrected chi connectivity index (χ2v) is 6.97. The molecule has 0 bridgehead atoms. The SMILES string of the molecule is COc1cc(N2CCC3(CCC(=O)N3Cc3ccncc3)CC2)ncn1. The number of carbonyl (C=O) groups excluding carboxylic acids is 1. The van der Waals surface area contributed by atoms with Gasteiger partial charge in [-0.2, -0.15) is 0 Å². The fourth-order valence-corrected chi connectivity index (χ4v) is 4.09. The number of rotatable bonds is 4. The van der Waals surface area contributed by atoms with Crippen LogP contribution in [0.3, 0.4) is 0 Å². The first-order valence-electron chi connectivity index (χ1n) is 9.01. The first-order valence-corrected chi connectivity index (χ1v) is 9.01. The standard InChI is InChI=1S/C19H23N5O2/c1-26-17-12-16(21-14-22-17)23-10-6-19(7-11-23)5-2-18(25)24(19)13-15-3-8-20-9-4-15/h3-4,8-9,12,14H,2,5-7,10-11,13H2,1H3. The molecule has 2 aromatic heterocycles. The summed E-state index contributed by atoms with van der Waals surface area (Å²) in [5.41, 5.74) is 1.10. The van der Waals surface area contributed by atoms with Crippen molar-refractivity contribution in [3.63, 3.8) is 0 Å². The van der Waals surface area contributed by atoms with E-state index in [1.807, 2.05) is 18.2 Å². The third-order valence-electron chi connectivity index (χ3n) is 5.62. The lowest BCUT2D eigenvalue weighted by atomic mass is 9.84. The van der Waals surface area contributed by atoms with Crippen LogP contribution >= 0.6 is 0 Å². The summed E-state index contributed by atoms with van der Waals surface area (Å²) in [5, 5.41) is 0. The molecule has 136 valence electrons. The van der Waals surface area contributed by atoms with Crippen LogP contribution in [0, 0.1) is 0 Å². The number of aromatic nitrogens is 3. The van der Waals surface area contributed by atoms with Gasteiger partial charge in [-0.25, -0.2) is 9.97 Å². The van der Waals surface area contributed by atoms with Crippen molar-refractivity contribution in [2.45, 2.75) is 37.8 Å². The third kappa shape index (κ3) is 3.09. The Hall–Kier alpha value is -2.70. The molecule has 2 saturated heterocycles. The summed E-state index contributed by atoms with van der Waals surface area (Å²) < 4.78 is 5.20. The van der Waals surface area contributed by atoms with Crippen molar-refractivity contribution >= 4 is 11.7 Å². The minimum absolute atomic E-state index is 0.0338. The van der Waals surface area contributed by atoms with E-state index in [0.717, 1.165) is 43.7 Å². The molecule has 2 aromatic rings. The molecular weight excluding hydrogens is 330 g/mol. The van der Waals surface area contributed by atoms with E-state index in [2.05, 4.69) is 24.8 Å². The van der Waals surface area contributed by atoms with Gasteiger partial charge in [-0.15, -0.1) is 0 Å². The highest BCUT2D eigenvalue weighted by molar-refractivity contribution is 5.79. The molecule has 0 atom stereocenters. The molecule has 2 aliphatic heterocycles. The second kappa shape index (κ2) is 6.90. The lowest BCUT2D eigenvalue weighted by Crippen LogP contribution is -2.53. The second-order valence-electron chi connectivity index (χ2n) is 6.97. The number of hydrogen-bond donors (Lipinski definition) is 0. The smallest absolute Gasteiger partial charge is 0.223 e. The van der Waals surface area contributed by atoms with Crippen LogP contribution in [-0.2, 0) is 11.3 Å². The quantitative estimate of drug-likeness (QED) is 0.838. The Bertz CT molecular complexity index is 775. The average molecular weight is 353 g/mol. The van der Waals surface area contributed by atoms with E-state index < -0.39 is 0 Å². The molecule has 0 N–H and O–H groups in total. The van der Waals surface area contributed by atoms with Gasteiger partial charge in [0, 0.05) is 50.1 Å². The molecule has 0 aliphatic carbocycles. The van der Waals surface area contributed by atoms with E-state index in [-0.39, 0.29) is 11.4 Å². The molecule has 2 fully saturated rings. The van der Waals surface area contributed by atoms with Crippen LogP contribution in [0.5, 0.6) is 5.88 Å². The molecule has 0 radical (unpaired) electrons. The number of anilines is 1. The van der Waals surface area contributed by atoms with Gasteiger partial charge in [0.25, 0.3) is 0 Å². The number of hydrogen-bond acceptors (Lipinski definition) is 6. The maximum atomic E-state index is 12.5. The highest BCUT2D eigenvalue weighted by Crippen LogP contribution is 2.40. The summed E-state index contributed by atoms with van der Waals surface area (Å²) in [6, 6.07) is 5.84. The fraction of sp³-hybridized carbons (Fsp3) is 0.474. The highest BCUT2D eigenvalue weighted by atomic mass is 16.5. The van der Waals surface area contributed by atoms with Crippen molar-refractivity contribution in [2.75, 3.05) is 25.1 Å². The van der Waals surface area contributed by atoms with E-state index >= 15 is 0 Å². The Morgan fingerprint density at radius 3 is 2.65 bits per heavy atom. The number of nitrogens with zero attached hydrogens (tertiary/aromatic N) is 5. The Kier molecular flexibility index (Phi) is 4.44. The molecule has 26 heavy (non-hydrogen) atoms. The first kappa shape index (κ1) is 16.8. The van der Waals surface area contributed by atoms with E-state index in [9.17, 15) is 4.79 Å². The summed E-state index contributed by atoms with van der Waals surface area (Å²) in [5.74, 6) is 1.72. The van der Waals surface area contributed by atoms with E-state index in [1.54, 1.807) is 19.5 Å². The van der Waals surface area contributed by atoms with Crippen LogP contribution in [0.1, 0.15) is 31.2 Å². The molecule has 4 heterocycles. The Morgan fingerprint density at radius 1 is 1.15 bits per heavy atom. The summed E-state index contributed by atoms with van der Waals surface area (Å²) in [6.07, 6.45) is 8.60. The number of likely N-dealkylation sites (tertiary alicyclic amines) is 1. The fourth-order valence-electron chi connectivity index (χ4n) is 4.09. The van der Waals surface area contributed by atoms with Crippen LogP contribution in [-0.4, -0.2) is 51.5 Å². The van der Waals surface area contributed by atoms with Crippen molar-refractivity contribution in [3.05, 3.63) is 42.5 Å². The summed E-state index contributed by atoms with van der Waals surface area (Å²) in [7, 11) is 1.61. The zero-order chi connectivity index (χ0) is 18.0. The largest absolute Gasteiger partial charge is 0.481 e. The summed E-state index contributed by atoms with van der Waals surface area (Å²) >= 11 is 0. The van der Waals surface area contributed by atoms with E-state index in [4.69, 9.17) is 4.74 Å². The molecule has 1 amide bonds. The van der Waals surface area contributed by atoms with Gasteiger partial charge in [0.15, 0.2) is 0 Å². The first-order chi connectivity index (χ1) is 12.7.